The van der Waals surface area contributed by atoms with E-state index in [1.165, 1.54) is 0 Å². The highest BCUT2D eigenvalue weighted by molar-refractivity contribution is 5.81. The van der Waals surface area contributed by atoms with Crippen LogP contribution < -0.4 is 9.47 Å². The van der Waals surface area contributed by atoms with Gasteiger partial charge in [0, 0.05) is 12.1 Å². The second-order valence-corrected chi connectivity index (χ2v) is 7.03. The van der Waals surface area contributed by atoms with Gasteiger partial charge in [-0.05, 0) is 57.0 Å². The third-order valence-corrected chi connectivity index (χ3v) is 4.80. The Balaban J connectivity index is 1.34. The summed E-state index contributed by atoms with van der Waals surface area (Å²) < 4.78 is 22.5. The summed E-state index contributed by atoms with van der Waals surface area (Å²) in [6.07, 6.45) is 3.52. The quantitative estimate of drug-likeness (QED) is 0.447. The summed E-state index contributed by atoms with van der Waals surface area (Å²) in [5.74, 6) is 2.74. The van der Waals surface area contributed by atoms with Crippen LogP contribution in [0.5, 0.6) is 11.5 Å². The molecule has 8 heteroatoms. The van der Waals surface area contributed by atoms with Crippen LogP contribution in [0.15, 0.2) is 45.5 Å². The van der Waals surface area contributed by atoms with Crippen molar-refractivity contribution in [3.8, 4) is 23.0 Å². The maximum atomic E-state index is 5.91. The van der Waals surface area contributed by atoms with Crippen LogP contribution in [-0.2, 0) is 0 Å². The van der Waals surface area contributed by atoms with Gasteiger partial charge in [-0.3, -0.25) is 0 Å². The number of rotatable bonds is 7. The van der Waals surface area contributed by atoms with E-state index in [-0.39, 0.29) is 0 Å². The number of nitrogens with zero attached hydrogens (tertiary/aromatic N) is 4. The molecule has 4 aromatic rings. The summed E-state index contributed by atoms with van der Waals surface area (Å²) in [6.45, 7) is 4.43. The zero-order chi connectivity index (χ0) is 19.8. The fraction of sp³-hybridized carbons (Fsp3) is 0.333. The fourth-order valence-electron chi connectivity index (χ4n) is 3.17. The minimum atomic E-state index is -0.400. The van der Waals surface area contributed by atoms with Crippen LogP contribution in [0.4, 0.5) is 0 Å². The first-order chi connectivity index (χ1) is 14.2. The molecule has 3 heterocycles. The lowest BCUT2D eigenvalue weighted by atomic mass is 10.1. The fourth-order valence-corrected chi connectivity index (χ4v) is 3.17. The topological polar surface area (TPSA) is 96.3 Å². The number of pyridine rings is 1. The smallest absolute Gasteiger partial charge is 0.257 e. The minimum Gasteiger partial charge on any atom is -0.494 e. The van der Waals surface area contributed by atoms with E-state index in [1.807, 2.05) is 44.2 Å². The average Bonchev–Trinajstić information content (AvgIpc) is 3.30. The first-order valence-corrected chi connectivity index (χ1v) is 9.70. The van der Waals surface area contributed by atoms with Gasteiger partial charge in [-0.2, -0.15) is 0 Å². The second-order valence-electron chi connectivity index (χ2n) is 7.03. The summed E-state index contributed by atoms with van der Waals surface area (Å²) in [5, 5.41) is 13.4. The summed E-state index contributed by atoms with van der Waals surface area (Å²) in [5.41, 5.74) is 2.22. The maximum absolute atomic E-state index is 5.91. The van der Waals surface area contributed by atoms with E-state index in [1.54, 1.807) is 6.20 Å². The maximum Gasteiger partial charge on any atom is 0.257 e. The Morgan fingerprint density at radius 2 is 1.93 bits per heavy atom. The molecule has 1 aromatic carbocycles. The zero-order valence-electron chi connectivity index (χ0n) is 16.2. The van der Waals surface area contributed by atoms with Gasteiger partial charge in [0.15, 0.2) is 6.10 Å². The molecular weight excluding hydrogens is 372 g/mol. The van der Waals surface area contributed by atoms with Crippen LogP contribution in [0.2, 0.25) is 0 Å². The molecule has 1 fully saturated rings. The standard InChI is InChI=1S/C21H20N4O4/c1-3-26-15-6-8-16(9-7-15)27-12(2)19-23-24-20(28-19)14-10-17-18(13-4-5-13)25-29-21(17)22-11-14/h6-13H,3-5H2,1-2H3/t12-/m1/s1. The van der Waals surface area contributed by atoms with Crippen LogP contribution in [0.25, 0.3) is 22.6 Å². The number of fused-ring (bicyclic) bond motifs is 1. The van der Waals surface area contributed by atoms with Crippen molar-refractivity contribution in [2.24, 2.45) is 0 Å². The lowest BCUT2D eigenvalue weighted by Crippen LogP contribution is -2.03. The van der Waals surface area contributed by atoms with E-state index >= 15 is 0 Å². The number of benzene rings is 1. The second kappa shape index (κ2) is 7.20. The van der Waals surface area contributed by atoms with Crippen molar-refractivity contribution >= 4 is 11.1 Å². The van der Waals surface area contributed by atoms with Crippen LogP contribution in [0.1, 0.15) is 50.3 Å². The van der Waals surface area contributed by atoms with Gasteiger partial charge in [0.25, 0.3) is 11.6 Å². The van der Waals surface area contributed by atoms with Gasteiger partial charge in [-0.15, -0.1) is 10.2 Å². The van der Waals surface area contributed by atoms with Gasteiger partial charge < -0.3 is 18.4 Å². The summed E-state index contributed by atoms with van der Waals surface area (Å²) in [4.78, 5) is 4.33. The van der Waals surface area contributed by atoms with Gasteiger partial charge >= 0.3 is 0 Å². The lowest BCUT2D eigenvalue weighted by molar-refractivity contribution is 0.189. The SMILES string of the molecule is CCOc1ccc(O[C@H](C)c2nnc(-c3cnc4onc(C5CC5)c4c3)o2)cc1. The molecule has 148 valence electrons. The first kappa shape index (κ1) is 17.7. The van der Waals surface area contributed by atoms with E-state index in [0.29, 0.717) is 35.8 Å². The Morgan fingerprint density at radius 1 is 1.14 bits per heavy atom. The zero-order valence-corrected chi connectivity index (χ0v) is 16.2. The summed E-state index contributed by atoms with van der Waals surface area (Å²) >= 11 is 0. The molecule has 1 saturated carbocycles. The van der Waals surface area contributed by atoms with E-state index < -0.39 is 6.10 Å². The molecule has 0 amide bonds. The van der Waals surface area contributed by atoms with Gasteiger partial charge in [0.2, 0.25) is 5.89 Å². The molecule has 1 aliphatic carbocycles. The van der Waals surface area contributed by atoms with E-state index in [9.17, 15) is 0 Å². The average molecular weight is 392 g/mol. The largest absolute Gasteiger partial charge is 0.494 e. The van der Waals surface area contributed by atoms with E-state index in [2.05, 4.69) is 20.3 Å². The van der Waals surface area contributed by atoms with Gasteiger partial charge in [-0.1, -0.05) is 5.16 Å². The Labute approximate surface area is 166 Å². The van der Waals surface area contributed by atoms with E-state index in [4.69, 9.17) is 18.4 Å². The van der Waals surface area contributed by atoms with Crippen molar-refractivity contribution in [1.82, 2.24) is 20.3 Å². The van der Waals surface area contributed by atoms with Gasteiger partial charge in [0.1, 0.15) is 11.5 Å². The molecule has 0 unspecified atom stereocenters. The Kier molecular flexibility index (Phi) is 4.38. The van der Waals surface area contributed by atoms with Crippen molar-refractivity contribution in [1.29, 1.82) is 0 Å². The molecule has 1 atom stereocenters. The van der Waals surface area contributed by atoms with Crippen LogP contribution in [-0.4, -0.2) is 26.9 Å². The molecule has 8 nitrogen and oxygen atoms in total. The molecule has 0 radical (unpaired) electrons. The van der Waals surface area contributed by atoms with E-state index in [0.717, 1.165) is 35.2 Å². The van der Waals surface area contributed by atoms with Crippen LogP contribution >= 0.6 is 0 Å². The molecule has 1 aliphatic rings. The van der Waals surface area contributed by atoms with Crippen molar-refractivity contribution in [2.45, 2.75) is 38.7 Å². The Hall–Kier alpha value is -3.42. The molecular formula is C21H20N4O4. The van der Waals surface area contributed by atoms with Crippen molar-refractivity contribution in [2.75, 3.05) is 6.61 Å². The van der Waals surface area contributed by atoms with Crippen molar-refractivity contribution in [3.05, 3.63) is 48.1 Å². The third-order valence-electron chi connectivity index (χ3n) is 4.80. The molecule has 0 spiro atoms. The highest BCUT2D eigenvalue weighted by atomic mass is 16.5. The van der Waals surface area contributed by atoms with Gasteiger partial charge in [-0.25, -0.2) is 4.98 Å². The molecule has 3 aromatic heterocycles. The number of hydrogen-bond acceptors (Lipinski definition) is 8. The Bertz CT molecular complexity index is 1130. The van der Waals surface area contributed by atoms with Crippen molar-refractivity contribution in [3.63, 3.8) is 0 Å². The van der Waals surface area contributed by atoms with Crippen LogP contribution in [0, 0.1) is 0 Å². The molecule has 0 N–H and O–H groups in total. The monoisotopic (exact) mass is 392 g/mol. The molecule has 0 aliphatic heterocycles. The number of ether oxygens (including phenoxy) is 2. The Morgan fingerprint density at radius 3 is 2.69 bits per heavy atom. The molecule has 29 heavy (non-hydrogen) atoms. The lowest BCUT2D eigenvalue weighted by Gasteiger charge is -2.11. The molecule has 0 bridgehead atoms. The summed E-state index contributed by atoms with van der Waals surface area (Å²) in [7, 11) is 0. The highest BCUT2D eigenvalue weighted by Crippen LogP contribution is 2.42. The third kappa shape index (κ3) is 3.53. The summed E-state index contributed by atoms with van der Waals surface area (Å²) in [6, 6.07) is 9.37. The normalized spacial score (nSPS) is 14.8. The van der Waals surface area contributed by atoms with Gasteiger partial charge in [0.05, 0.1) is 23.3 Å². The minimum absolute atomic E-state index is 0.388. The number of hydrogen-bond donors (Lipinski definition) is 0. The predicted molar refractivity (Wildman–Crippen MR) is 104 cm³/mol. The van der Waals surface area contributed by atoms with Crippen molar-refractivity contribution < 1.29 is 18.4 Å². The molecule has 0 saturated heterocycles. The van der Waals surface area contributed by atoms with Crippen LogP contribution in [0.3, 0.4) is 0 Å². The highest BCUT2D eigenvalue weighted by Gasteiger charge is 2.29. The first-order valence-electron chi connectivity index (χ1n) is 9.70. The predicted octanol–water partition coefficient (Wildman–Crippen LogP) is 4.69. The number of aromatic nitrogens is 4. The molecule has 5 rings (SSSR count).